The minimum absolute atomic E-state index is 0.0416. The molecule has 1 fully saturated rings. The number of rotatable bonds is 3. The molecule has 0 saturated heterocycles. The van der Waals surface area contributed by atoms with Crippen molar-refractivity contribution in [2.75, 3.05) is 0 Å². The van der Waals surface area contributed by atoms with Gasteiger partial charge >= 0.3 is 0 Å². The summed E-state index contributed by atoms with van der Waals surface area (Å²) in [7, 11) is 0. The molecule has 1 rings (SSSR count). The molecule has 0 radical (unpaired) electrons. The van der Waals surface area contributed by atoms with Crippen LogP contribution in [0.2, 0.25) is 0 Å². The molecule has 15 heavy (non-hydrogen) atoms. The number of nitrogens with two attached hydrogens (primary N) is 1. The number of hydrogen-bond donors (Lipinski definition) is 2. The molecule has 3 N–H and O–H groups in total. The molecule has 88 valence electrons. The number of nitrogens with one attached hydrogen (secondary N) is 1. The molecule has 0 aromatic carbocycles. The van der Waals surface area contributed by atoms with Gasteiger partial charge in [0, 0.05) is 12.1 Å². The first-order valence-electron chi connectivity index (χ1n) is 6.08. The van der Waals surface area contributed by atoms with Crippen LogP contribution in [0.4, 0.5) is 0 Å². The summed E-state index contributed by atoms with van der Waals surface area (Å²) in [5.74, 6) is 0.678. The standard InChI is InChI=1S/C12H24N2O/c1-8(2)9(3)14-12(15)10-6-4-5-7-11(10)13/h8-11H,4-7,13H2,1-3H3,(H,14,15). The molecular formula is C12H24N2O. The van der Waals surface area contributed by atoms with E-state index in [-0.39, 0.29) is 23.9 Å². The van der Waals surface area contributed by atoms with Gasteiger partial charge in [0.25, 0.3) is 0 Å². The van der Waals surface area contributed by atoms with Crippen LogP contribution in [0.25, 0.3) is 0 Å². The number of amides is 1. The van der Waals surface area contributed by atoms with E-state index in [1.165, 1.54) is 6.42 Å². The van der Waals surface area contributed by atoms with Crippen LogP contribution in [0.15, 0.2) is 0 Å². The maximum Gasteiger partial charge on any atom is 0.224 e. The molecular weight excluding hydrogens is 188 g/mol. The topological polar surface area (TPSA) is 55.1 Å². The van der Waals surface area contributed by atoms with Gasteiger partial charge in [0.1, 0.15) is 0 Å². The van der Waals surface area contributed by atoms with Gasteiger partial charge in [0.15, 0.2) is 0 Å². The summed E-state index contributed by atoms with van der Waals surface area (Å²) in [6, 6.07) is 0.310. The minimum Gasteiger partial charge on any atom is -0.353 e. The molecule has 3 nitrogen and oxygen atoms in total. The molecule has 1 aliphatic carbocycles. The Balaban J connectivity index is 2.45. The number of carbonyl (C=O) groups excluding carboxylic acids is 1. The van der Waals surface area contributed by atoms with Gasteiger partial charge in [0.05, 0.1) is 5.92 Å². The zero-order valence-corrected chi connectivity index (χ0v) is 10.1. The molecule has 0 spiro atoms. The highest BCUT2D eigenvalue weighted by Crippen LogP contribution is 2.23. The summed E-state index contributed by atoms with van der Waals surface area (Å²) in [5.41, 5.74) is 5.97. The summed E-state index contributed by atoms with van der Waals surface area (Å²) >= 11 is 0. The molecule has 3 unspecified atom stereocenters. The van der Waals surface area contributed by atoms with E-state index >= 15 is 0 Å². The first-order chi connectivity index (χ1) is 7.02. The predicted octanol–water partition coefficient (Wildman–Crippen LogP) is 1.66. The van der Waals surface area contributed by atoms with Gasteiger partial charge in [-0.2, -0.15) is 0 Å². The molecule has 0 heterocycles. The Morgan fingerprint density at radius 2 is 1.87 bits per heavy atom. The second kappa shape index (κ2) is 5.50. The molecule has 0 aromatic rings. The normalized spacial score (nSPS) is 28.9. The van der Waals surface area contributed by atoms with E-state index in [1.807, 2.05) is 0 Å². The molecule has 0 bridgehead atoms. The Kier molecular flexibility index (Phi) is 4.58. The van der Waals surface area contributed by atoms with Crippen molar-refractivity contribution in [2.45, 2.75) is 58.5 Å². The lowest BCUT2D eigenvalue weighted by Crippen LogP contribution is -2.47. The Labute approximate surface area is 92.8 Å². The highest BCUT2D eigenvalue weighted by molar-refractivity contribution is 5.79. The van der Waals surface area contributed by atoms with Crippen molar-refractivity contribution in [1.82, 2.24) is 5.32 Å². The smallest absolute Gasteiger partial charge is 0.224 e. The van der Waals surface area contributed by atoms with Crippen molar-refractivity contribution >= 4 is 5.91 Å². The van der Waals surface area contributed by atoms with Crippen LogP contribution in [-0.4, -0.2) is 18.0 Å². The van der Waals surface area contributed by atoms with E-state index in [1.54, 1.807) is 0 Å². The highest BCUT2D eigenvalue weighted by Gasteiger charge is 2.29. The van der Waals surface area contributed by atoms with Crippen LogP contribution in [-0.2, 0) is 4.79 Å². The summed E-state index contributed by atoms with van der Waals surface area (Å²) in [5, 5.41) is 3.06. The summed E-state index contributed by atoms with van der Waals surface area (Å²) < 4.78 is 0. The third-order valence-electron chi connectivity index (χ3n) is 3.53. The maximum absolute atomic E-state index is 11.9. The molecule has 1 saturated carbocycles. The van der Waals surface area contributed by atoms with Crippen molar-refractivity contribution < 1.29 is 4.79 Å². The van der Waals surface area contributed by atoms with Crippen molar-refractivity contribution in [3.63, 3.8) is 0 Å². The Morgan fingerprint density at radius 3 is 2.40 bits per heavy atom. The largest absolute Gasteiger partial charge is 0.353 e. The average Bonchev–Trinajstić information content (AvgIpc) is 2.18. The summed E-state index contributed by atoms with van der Waals surface area (Å²) in [6.45, 7) is 6.29. The van der Waals surface area contributed by atoms with E-state index in [9.17, 15) is 4.79 Å². The second-order valence-corrected chi connectivity index (χ2v) is 5.10. The Hall–Kier alpha value is -0.570. The number of carbonyl (C=O) groups is 1. The molecule has 1 amide bonds. The van der Waals surface area contributed by atoms with Gasteiger partial charge in [-0.1, -0.05) is 26.7 Å². The van der Waals surface area contributed by atoms with Crippen LogP contribution < -0.4 is 11.1 Å². The Morgan fingerprint density at radius 1 is 1.27 bits per heavy atom. The van der Waals surface area contributed by atoms with E-state index < -0.39 is 0 Å². The van der Waals surface area contributed by atoms with Gasteiger partial charge in [0.2, 0.25) is 5.91 Å². The first kappa shape index (κ1) is 12.5. The molecule has 0 aromatic heterocycles. The first-order valence-corrected chi connectivity index (χ1v) is 6.08. The number of hydrogen-bond acceptors (Lipinski definition) is 2. The lowest BCUT2D eigenvalue weighted by atomic mass is 9.84. The monoisotopic (exact) mass is 212 g/mol. The maximum atomic E-state index is 11.9. The second-order valence-electron chi connectivity index (χ2n) is 5.10. The fraction of sp³-hybridized carbons (Fsp3) is 0.917. The summed E-state index contributed by atoms with van der Waals surface area (Å²) in [6.07, 6.45) is 4.26. The van der Waals surface area contributed by atoms with Crippen LogP contribution in [0.5, 0.6) is 0 Å². The zero-order chi connectivity index (χ0) is 11.4. The summed E-state index contributed by atoms with van der Waals surface area (Å²) in [4.78, 5) is 11.9. The fourth-order valence-corrected chi connectivity index (χ4v) is 1.98. The quantitative estimate of drug-likeness (QED) is 0.747. The van der Waals surface area contributed by atoms with Crippen molar-refractivity contribution in [3.8, 4) is 0 Å². The van der Waals surface area contributed by atoms with Gasteiger partial charge < -0.3 is 11.1 Å². The van der Waals surface area contributed by atoms with Crippen molar-refractivity contribution in [3.05, 3.63) is 0 Å². The fourth-order valence-electron chi connectivity index (χ4n) is 1.98. The van der Waals surface area contributed by atoms with Crippen LogP contribution in [0.3, 0.4) is 0 Å². The molecule has 1 aliphatic rings. The van der Waals surface area contributed by atoms with Crippen LogP contribution in [0, 0.1) is 11.8 Å². The van der Waals surface area contributed by atoms with E-state index in [0.29, 0.717) is 5.92 Å². The Bertz CT molecular complexity index is 216. The molecule has 3 atom stereocenters. The van der Waals surface area contributed by atoms with Crippen molar-refractivity contribution in [2.24, 2.45) is 17.6 Å². The molecule has 3 heteroatoms. The van der Waals surface area contributed by atoms with Gasteiger partial charge in [-0.25, -0.2) is 0 Å². The van der Waals surface area contributed by atoms with Crippen molar-refractivity contribution in [1.29, 1.82) is 0 Å². The average molecular weight is 212 g/mol. The lowest BCUT2D eigenvalue weighted by Gasteiger charge is -2.29. The third-order valence-corrected chi connectivity index (χ3v) is 3.53. The minimum atomic E-state index is 0.0416. The van der Waals surface area contributed by atoms with E-state index in [4.69, 9.17) is 5.73 Å². The third kappa shape index (κ3) is 3.49. The van der Waals surface area contributed by atoms with E-state index in [0.717, 1.165) is 19.3 Å². The lowest BCUT2D eigenvalue weighted by molar-refractivity contribution is -0.127. The SMILES string of the molecule is CC(C)C(C)NC(=O)C1CCCCC1N. The molecule has 0 aliphatic heterocycles. The highest BCUT2D eigenvalue weighted by atomic mass is 16.2. The van der Waals surface area contributed by atoms with Gasteiger partial charge in [-0.15, -0.1) is 0 Å². The van der Waals surface area contributed by atoms with Crippen LogP contribution in [0.1, 0.15) is 46.5 Å². The predicted molar refractivity (Wildman–Crippen MR) is 62.4 cm³/mol. The zero-order valence-electron chi connectivity index (χ0n) is 10.1. The van der Waals surface area contributed by atoms with Gasteiger partial charge in [-0.05, 0) is 25.7 Å². The van der Waals surface area contributed by atoms with Gasteiger partial charge in [-0.3, -0.25) is 4.79 Å². The van der Waals surface area contributed by atoms with E-state index in [2.05, 4.69) is 26.1 Å². The van der Waals surface area contributed by atoms with Crippen LogP contribution >= 0.6 is 0 Å².